The zero-order valence-electron chi connectivity index (χ0n) is 13.1. The third-order valence-corrected chi connectivity index (χ3v) is 7.33. The largest absolute Gasteiger partial charge is 0.396 e. The van der Waals surface area contributed by atoms with Gasteiger partial charge in [0, 0.05) is 6.61 Å². The van der Waals surface area contributed by atoms with Crippen LogP contribution in [0, 0.1) is 40.9 Å². The summed E-state index contributed by atoms with van der Waals surface area (Å²) in [6.45, 7) is 7.68. The molecule has 0 bridgehead atoms. The molecule has 7 atom stereocenters. The van der Waals surface area contributed by atoms with E-state index in [9.17, 15) is 5.11 Å². The van der Waals surface area contributed by atoms with E-state index in [-0.39, 0.29) is 0 Å². The fourth-order valence-corrected chi connectivity index (χ4v) is 6.31. The van der Waals surface area contributed by atoms with Gasteiger partial charge in [0.15, 0.2) is 0 Å². The van der Waals surface area contributed by atoms with E-state index in [1.807, 2.05) is 0 Å². The van der Waals surface area contributed by atoms with Gasteiger partial charge in [0.1, 0.15) is 0 Å². The van der Waals surface area contributed by atoms with Crippen molar-refractivity contribution in [2.75, 3.05) is 6.61 Å². The lowest BCUT2D eigenvalue weighted by Crippen LogP contribution is -2.45. The molecular weight excluding hydrogens is 232 g/mol. The molecule has 0 aromatic carbocycles. The summed E-state index contributed by atoms with van der Waals surface area (Å²) in [4.78, 5) is 0. The predicted molar refractivity (Wildman–Crippen MR) is 79.8 cm³/mol. The minimum absolute atomic E-state index is 0.387. The molecule has 3 aliphatic carbocycles. The van der Waals surface area contributed by atoms with Crippen LogP contribution in [0.5, 0.6) is 0 Å². The lowest BCUT2D eigenvalue weighted by atomic mass is 9.53. The smallest absolute Gasteiger partial charge is 0.0459 e. The van der Waals surface area contributed by atoms with Gasteiger partial charge < -0.3 is 5.11 Å². The predicted octanol–water partition coefficient (Wildman–Crippen LogP) is 4.49. The topological polar surface area (TPSA) is 20.2 Å². The highest BCUT2D eigenvalue weighted by atomic mass is 16.3. The highest BCUT2D eigenvalue weighted by molar-refractivity contribution is 5.04. The zero-order chi connectivity index (χ0) is 13.6. The van der Waals surface area contributed by atoms with Gasteiger partial charge in [-0.2, -0.15) is 0 Å². The summed E-state index contributed by atoms with van der Waals surface area (Å²) in [6, 6.07) is 0. The Morgan fingerprint density at radius 1 is 1.16 bits per heavy atom. The van der Waals surface area contributed by atoms with Gasteiger partial charge in [0.25, 0.3) is 0 Å². The molecule has 3 rings (SSSR count). The first kappa shape index (κ1) is 13.9. The molecule has 0 amide bonds. The van der Waals surface area contributed by atoms with Crippen LogP contribution in [0.1, 0.15) is 65.7 Å². The Hall–Kier alpha value is -0.0400. The molecule has 1 heteroatoms. The van der Waals surface area contributed by atoms with E-state index in [1.54, 1.807) is 0 Å². The molecule has 0 aromatic rings. The number of aliphatic hydroxyl groups excluding tert-OH is 1. The number of hydrogen-bond donors (Lipinski definition) is 1. The maximum atomic E-state index is 9.57. The molecule has 0 saturated heterocycles. The van der Waals surface area contributed by atoms with E-state index in [4.69, 9.17) is 0 Å². The Morgan fingerprint density at radius 2 is 1.95 bits per heavy atom. The van der Waals surface area contributed by atoms with Crippen LogP contribution in [0.15, 0.2) is 0 Å². The molecule has 0 heterocycles. The van der Waals surface area contributed by atoms with Crippen molar-refractivity contribution in [2.24, 2.45) is 40.9 Å². The molecule has 0 aromatic heterocycles. The minimum Gasteiger partial charge on any atom is -0.396 e. The van der Waals surface area contributed by atoms with Crippen LogP contribution in [0.3, 0.4) is 0 Å². The maximum Gasteiger partial charge on any atom is 0.0459 e. The van der Waals surface area contributed by atoms with Crippen LogP contribution in [0.2, 0.25) is 0 Å². The Bertz CT molecular complexity index is 326. The number of rotatable bonds is 2. The van der Waals surface area contributed by atoms with Gasteiger partial charge in [-0.15, -0.1) is 0 Å². The van der Waals surface area contributed by atoms with Crippen molar-refractivity contribution in [3.05, 3.63) is 0 Å². The van der Waals surface area contributed by atoms with Crippen molar-refractivity contribution in [1.29, 1.82) is 0 Å². The lowest BCUT2D eigenvalue weighted by Gasteiger charge is -2.52. The molecule has 3 saturated carbocycles. The van der Waals surface area contributed by atoms with Crippen LogP contribution < -0.4 is 0 Å². The standard InChI is InChI=1S/C18H32O/c1-12-4-5-15-14(10-12)8-9-18(3)16(13(2)11-19)6-7-17(15)18/h12-17,19H,4-11H2,1-3H3/t12-,13+,14+,15+,16+,17-,18+/m0/s1. The highest BCUT2D eigenvalue weighted by Crippen LogP contribution is 2.63. The maximum absolute atomic E-state index is 9.57. The first-order chi connectivity index (χ1) is 9.06. The quantitative estimate of drug-likeness (QED) is 0.779. The van der Waals surface area contributed by atoms with Crippen LogP contribution >= 0.6 is 0 Å². The van der Waals surface area contributed by atoms with E-state index >= 15 is 0 Å². The summed E-state index contributed by atoms with van der Waals surface area (Å²) in [6.07, 6.45) is 10.2. The molecule has 1 N–H and O–H groups in total. The third kappa shape index (κ3) is 2.17. The highest BCUT2D eigenvalue weighted by Gasteiger charge is 2.55. The van der Waals surface area contributed by atoms with Crippen molar-refractivity contribution in [3.63, 3.8) is 0 Å². The van der Waals surface area contributed by atoms with Crippen molar-refractivity contribution >= 4 is 0 Å². The van der Waals surface area contributed by atoms with Crippen LogP contribution in [0.25, 0.3) is 0 Å². The lowest BCUT2D eigenvalue weighted by molar-refractivity contribution is -0.0342. The molecular formula is C18H32O. The van der Waals surface area contributed by atoms with E-state index < -0.39 is 0 Å². The van der Waals surface area contributed by atoms with Crippen LogP contribution in [0.4, 0.5) is 0 Å². The van der Waals surface area contributed by atoms with Gasteiger partial charge in [-0.3, -0.25) is 0 Å². The summed E-state index contributed by atoms with van der Waals surface area (Å²) in [5.74, 6) is 5.28. The summed E-state index contributed by atoms with van der Waals surface area (Å²) < 4.78 is 0. The normalized spacial score (nSPS) is 51.5. The van der Waals surface area contributed by atoms with Crippen molar-refractivity contribution in [3.8, 4) is 0 Å². The Balaban J connectivity index is 1.79. The van der Waals surface area contributed by atoms with E-state index in [1.165, 1.54) is 44.9 Å². The summed E-state index contributed by atoms with van der Waals surface area (Å²) in [5, 5.41) is 9.57. The average molecular weight is 264 g/mol. The summed E-state index contributed by atoms with van der Waals surface area (Å²) in [7, 11) is 0. The number of hydrogen-bond acceptors (Lipinski definition) is 1. The van der Waals surface area contributed by atoms with E-state index in [0.29, 0.717) is 17.9 Å². The fraction of sp³-hybridized carbons (Fsp3) is 1.00. The van der Waals surface area contributed by atoms with Gasteiger partial charge in [-0.25, -0.2) is 0 Å². The van der Waals surface area contributed by atoms with E-state index in [0.717, 1.165) is 29.6 Å². The summed E-state index contributed by atoms with van der Waals surface area (Å²) in [5.41, 5.74) is 0.546. The van der Waals surface area contributed by atoms with Crippen LogP contribution in [-0.4, -0.2) is 11.7 Å². The first-order valence-corrected chi connectivity index (χ1v) is 8.67. The Kier molecular flexibility index (Phi) is 3.71. The second-order valence-electron chi connectivity index (χ2n) is 8.34. The minimum atomic E-state index is 0.387. The van der Waals surface area contributed by atoms with Gasteiger partial charge in [-0.1, -0.05) is 27.2 Å². The molecule has 3 fully saturated rings. The second kappa shape index (κ2) is 5.06. The van der Waals surface area contributed by atoms with Gasteiger partial charge in [0.05, 0.1) is 0 Å². The van der Waals surface area contributed by atoms with Gasteiger partial charge in [0.2, 0.25) is 0 Å². The average Bonchev–Trinajstić information content (AvgIpc) is 2.75. The third-order valence-electron chi connectivity index (χ3n) is 7.33. The molecule has 110 valence electrons. The monoisotopic (exact) mass is 264 g/mol. The molecule has 0 radical (unpaired) electrons. The zero-order valence-corrected chi connectivity index (χ0v) is 13.1. The SMILES string of the molecule is C[C@H]1CC[C@@H]2[C@H](CC[C@]3(C)[C@@H]([C@H](C)CO)CC[C@@H]23)C1. The second-order valence-corrected chi connectivity index (χ2v) is 8.34. The first-order valence-electron chi connectivity index (χ1n) is 8.67. The van der Waals surface area contributed by atoms with Crippen LogP contribution in [-0.2, 0) is 0 Å². The molecule has 3 aliphatic rings. The Labute approximate surface area is 119 Å². The van der Waals surface area contributed by atoms with Crippen molar-refractivity contribution < 1.29 is 5.11 Å². The van der Waals surface area contributed by atoms with Crippen molar-refractivity contribution in [2.45, 2.75) is 65.7 Å². The number of fused-ring (bicyclic) bond motifs is 3. The fourth-order valence-electron chi connectivity index (χ4n) is 6.31. The Morgan fingerprint density at radius 3 is 2.68 bits per heavy atom. The van der Waals surface area contributed by atoms with E-state index in [2.05, 4.69) is 20.8 Å². The molecule has 0 aliphatic heterocycles. The molecule has 19 heavy (non-hydrogen) atoms. The molecule has 0 unspecified atom stereocenters. The molecule has 0 spiro atoms. The van der Waals surface area contributed by atoms with Gasteiger partial charge in [-0.05, 0) is 79.4 Å². The summed E-state index contributed by atoms with van der Waals surface area (Å²) >= 11 is 0. The van der Waals surface area contributed by atoms with Crippen molar-refractivity contribution in [1.82, 2.24) is 0 Å². The molecule has 1 nitrogen and oxygen atoms in total. The number of aliphatic hydroxyl groups is 1. The van der Waals surface area contributed by atoms with Gasteiger partial charge >= 0.3 is 0 Å².